The summed E-state index contributed by atoms with van der Waals surface area (Å²) in [5.41, 5.74) is 0.0355. The van der Waals surface area contributed by atoms with E-state index >= 15 is 0 Å². The minimum Gasteiger partial charge on any atom is -0.504 e. The fraction of sp³-hybridized carbons (Fsp3) is 0.125. The largest absolute Gasteiger partial charge is 0.504 e. The molecule has 0 spiro atoms. The number of rotatable bonds is 2. The van der Waals surface area contributed by atoms with Crippen LogP contribution in [0.15, 0.2) is 18.2 Å². The number of aromatic carboxylic acids is 1. The zero-order chi connectivity index (χ0) is 9.14. The van der Waals surface area contributed by atoms with Crippen LogP contribution in [-0.2, 0) is 0 Å². The van der Waals surface area contributed by atoms with Gasteiger partial charge in [0.25, 0.3) is 0 Å². The Morgan fingerprint density at radius 1 is 1.50 bits per heavy atom. The number of hydrogen-bond acceptors (Lipinski definition) is 3. The summed E-state index contributed by atoms with van der Waals surface area (Å²) in [5.74, 6) is -0.981. The molecule has 0 saturated carbocycles. The maximum atomic E-state index is 10.4. The van der Waals surface area contributed by atoms with Gasteiger partial charge in [-0.25, -0.2) is 4.79 Å². The van der Waals surface area contributed by atoms with E-state index in [0.717, 1.165) is 6.07 Å². The molecule has 0 amide bonds. The number of aromatic hydroxyl groups is 1. The Hall–Kier alpha value is -1.71. The monoisotopic (exact) mass is 174 g/mol. The molecular formula is C8H8O4. The number of benzene rings is 1. The molecule has 0 saturated heterocycles. The van der Waals surface area contributed by atoms with E-state index in [4.69, 9.17) is 14.9 Å². The van der Waals surface area contributed by atoms with Gasteiger partial charge in [0, 0.05) is 0 Å². The van der Waals surface area contributed by atoms with Crippen molar-refractivity contribution in [3.8, 4) is 11.5 Å². The number of phenols is 1. The predicted octanol–water partition coefficient (Wildman–Crippen LogP) is 1.10. The van der Waals surface area contributed by atoms with Crippen molar-refractivity contribution in [3.63, 3.8) is 0 Å². The molecule has 0 unspecified atom stereocenters. The van der Waals surface area contributed by atoms with Gasteiger partial charge in [-0.1, -0.05) is 0 Å². The zero-order valence-electron chi connectivity index (χ0n) is 6.44. The minimum absolute atomic E-state index is 0.0355. The molecule has 0 aliphatic heterocycles. The average Bonchev–Trinajstić information content (AvgIpc) is 2.04. The topological polar surface area (TPSA) is 66.8 Å². The van der Waals surface area contributed by atoms with Gasteiger partial charge in [-0.05, 0) is 18.2 Å². The summed E-state index contributed by atoms with van der Waals surface area (Å²) in [6, 6.07) is 3.90. The first-order chi connectivity index (χ1) is 5.65. The summed E-state index contributed by atoms with van der Waals surface area (Å²) < 4.78 is 4.74. The molecule has 0 aromatic heterocycles. The van der Waals surface area contributed by atoms with Crippen LogP contribution in [0, 0.1) is 0 Å². The fourth-order valence-electron chi connectivity index (χ4n) is 0.823. The van der Waals surface area contributed by atoms with Crippen LogP contribution >= 0.6 is 0 Å². The van der Waals surface area contributed by atoms with E-state index in [1.807, 2.05) is 0 Å². The Labute approximate surface area is 69.0 Å². The van der Waals surface area contributed by atoms with Gasteiger partial charge >= 0.3 is 5.97 Å². The molecule has 0 radical (unpaired) electrons. The van der Waals surface area contributed by atoms with E-state index < -0.39 is 5.97 Å². The number of ether oxygens (including phenoxy) is 1. The second kappa shape index (κ2) is 3.13. The average molecular weight is 174 g/mol. The Bertz CT molecular complexity index is 306. The lowest BCUT2D eigenvalue weighted by Crippen LogP contribution is -1.95. The predicted molar refractivity (Wildman–Crippen MR) is 41.6 cm³/mol. The third-order valence-electron chi connectivity index (χ3n) is 1.43. The minimum atomic E-state index is -1.08. The molecule has 0 atom stereocenters. The first kappa shape index (κ1) is 8.39. The first-order valence-corrected chi connectivity index (χ1v) is 3.25. The first-order valence-electron chi connectivity index (χ1n) is 3.25. The van der Waals surface area contributed by atoms with Crippen LogP contribution in [0.4, 0.5) is 0 Å². The van der Waals surface area contributed by atoms with Crippen molar-refractivity contribution in [2.75, 3.05) is 7.11 Å². The normalized spacial score (nSPS) is 9.42. The van der Waals surface area contributed by atoms with Crippen LogP contribution in [0.25, 0.3) is 0 Å². The second-order valence-electron chi connectivity index (χ2n) is 2.19. The van der Waals surface area contributed by atoms with Gasteiger partial charge in [-0.2, -0.15) is 0 Å². The third-order valence-corrected chi connectivity index (χ3v) is 1.43. The summed E-state index contributed by atoms with van der Waals surface area (Å²) in [7, 11) is 1.40. The van der Waals surface area contributed by atoms with E-state index in [0.29, 0.717) is 0 Å². The van der Waals surface area contributed by atoms with Gasteiger partial charge in [0.05, 0.1) is 12.7 Å². The van der Waals surface area contributed by atoms with Gasteiger partial charge in [0.1, 0.15) is 0 Å². The van der Waals surface area contributed by atoms with Crippen molar-refractivity contribution in [2.45, 2.75) is 0 Å². The van der Waals surface area contributed by atoms with E-state index in [2.05, 4.69) is 0 Å². The molecule has 0 fully saturated rings. The quantitative estimate of drug-likeness (QED) is 0.704. The fourth-order valence-corrected chi connectivity index (χ4v) is 0.823. The van der Waals surface area contributed by atoms with Crippen molar-refractivity contribution in [1.29, 1.82) is 0 Å². The molecule has 4 nitrogen and oxygen atoms in total. The number of phenolic OH excluding ortho intramolecular Hbond substituents is 1. The summed E-state index contributed by atoms with van der Waals surface area (Å²) in [4.78, 5) is 10.4. The SMILES string of the molecule is CO[13c]1[13cH][13cH][13c](C(=O)O)[13cH][13c]1O. The van der Waals surface area contributed by atoms with Crippen LogP contribution in [0.2, 0.25) is 0 Å². The summed E-state index contributed by atoms with van der Waals surface area (Å²) in [5, 5.41) is 17.7. The van der Waals surface area contributed by atoms with E-state index in [1.54, 1.807) is 0 Å². The molecule has 1 aromatic rings. The second-order valence-corrected chi connectivity index (χ2v) is 2.19. The van der Waals surface area contributed by atoms with Gasteiger partial charge in [0.2, 0.25) is 0 Å². The highest BCUT2D eigenvalue weighted by Gasteiger charge is 2.06. The lowest BCUT2D eigenvalue weighted by molar-refractivity contribution is 0.0696. The molecule has 2 N–H and O–H groups in total. The van der Waals surface area contributed by atoms with Gasteiger partial charge in [-0.15, -0.1) is 0 Å². The molecule has 1 aromatic carbocycles. The van der Waals surface area contributed by atoms with Crippen molar-refractivity contribution >= 4 is 5.97 Å². The van der Waals surface area contributed by atoms with Crippen molar-refractivity contribution in [1.82, 2.24) is 0 Å². The molecule has 0 bridgehead atoms. The van der Waals surface area contributed by atoms with Crippen molar-refractivity contribution in [3.05, 3.63) is 23.8 Å². The third kappa shape index (κ3) is 1.47. The summed E-state index contributed by atoms with van der Waals surface area (Å²) in [6.45, 7) is 0. The van der Waals surface area contributed by atoms with Crippen LogP contribution < -0.4 is 4.74 Å². The highest BCUT2D eigenvalue weighted by atomic mass is 16.6. The molecule has 12 heavy (non-hydrogen) atoms. The van der Waals surface area contributed by atoms with Crippen molar-refractivity contribution < 1.29 is 19.7 Å². The molecule has 0 aliphatic carbocycles. The van der Waals surface area contributed by atoms with Gasteiger partial charge in [0.15, 0.2) is 11.5 Å². The number of carboxylic acids is 1. The summed E-state index contributed by atoms with van der Waals surface area (Å²) in [6.07, 6.45) is 0. The molecule has 1 rings (SSSR count). The van der Waals surface area contributed by atoms with Gasteiger partial charge in [-0.3, -0.25) is 0 Å². The Morgan fingerprint density at radius 2 is 2.17 bits per heavy atom. The van der Waals surface area contributed by atoms with Crippen molar-refractivity contribution in [2.24, 2.45) is 0 Å². The Kier molecular flexibility index (Phi) is 2.19. The van der Waals surface area contributed by atoms with E-state index in [9.17, 15) is 4.79 Å². The molecular weight excluding hydrogens is 166 g/mol. The number of methoxy groups -OCH3 is 1. The molecule has 0 aliphatic rings. The molecule has 0 heterocycles. The Morgan fingerprint density at radius 3 is 2.58 bits per heavy atom. The summed E-state index contributed by atoms with van der Waals surface area (Å²) >= 11 is 0. The van der Waals surface area contributed by atoms with Crippen LogP contribution in [0.1, 0.15) is 10.4 Å². The highest BCUT2D eigenvalue weighted by molar-refractivity contribution is 5.88. The molecule has 4 heteroatoms. The zero-order valence-corrected chi connectivity index (χ0v) is 6.44. The number of hydrogen-bond donors (Lipinski definition) is 2. The van der Waals surface area contributed by atoms with E-state index in [1.165, 1.54) is 19.2 Å². The lowest BCUT2D eigenvalue weighted by atomic mass is 10.9. The lowest BCUT2D eigenvalue weighted by Gasteiger charge is -2.02. The Balaban J connectivity index is 3.10. The maximum Gasteiger partial charge on any atom is 0.335 e. The number of carboxylic acid groups (broad SMARTS) is 1. The standard InChI is InChI=1S/C8H8O4/c1-12-7-3-2-5(8(10)11)4-6(7)9/h2-4,9H,1H3,(H,10,11)/i2+1,3+1,4+1,5+1,6+1,7+1. The van der Waals surface area contributed by atoms with Crippen LogP contribution in [0.3, 0.4) is 0 Å². The number of carbonyl (C=O) groups is 1. The highest BCUT2D eigenvalue weighted by Crippen LogP contribution is 2.25. The van der Waals surface area contributed by atoms with Crippen LogP contribution in [0.5, 0.6) is 11.5 Å². The molecule has 64 valence electrons. The maximum absolute atomic E-state index is 10.4. The van der Waals surface area contributed by atoms with Gasteiger partial charge < -0.3 is 14.9 Å². The smallest absolute Gasteiger partial charge is 0.335 e. The van der Waals surface area contributed by atoms with E-state index in [-0.39, 0.29) is 17.1 Å². The van der Waals surface area contributed by atoms with Crippen LogP contribution in [-0.4, -0.2) is 23.3 Å².